The highest BCUT2D eigenvalue weighted by Gasteiger charge is 2.17. The number of aromatic nitrogens is 2. The van der Waals surface area contributed by atoms with E-state index >= 15 is 0 Å². The number of benzene rings is 2. The van der Waals surface area contributed by atoms with E-state index in [4.69, 9.17) is 0 Å². The van der Waals surface area contributed by atoms with Gasteiger partial charge in [-0.2, -0.15) is 0 Å². The zero-order valence-electron chi connectivity index (χ0n) is 15.1. The molecule has 1 N–H and O–H groups in total. The summed E-state index contributed by atoms with van der Waals surface area (Å²) in [5.41, 5.74) is 6.25. The van der Waals surface area contributed by atoms with Gasteiger partial charge in [0.05, 0.1) is 11.2 Å². The Bertz CT molecular complexity index is 1050. The number of pyridine rings is 1. The Labute approximate surface area is 153 Å². The first-order valence-corrected chi connectivity index (χ1v) is 8.86. The molecule has 0 radical (unpaired) electrons. The van der Waals surface area contributed by atoms with Gasteiger partial charge in [0.1, 0.15) is 6.10 Å². The summed E-state index contributed by atoms with van der Waals surface area (Å²) in [5, 5.41) is 12.1. The minimum Gasteiger partial charge on any atom is -0.382 e. The topological polar surface area (TPSA) is 38.0 Å². The van der Waals surface area contributed by atoms with Crippen molar-refractivity contribution in [3.63, 3.8) is 0 Å². The van der Waals surface area contributed by atoms with Gasteiger partial charge < -0.3 is 9.67 Å². The summed E-state index contributed by atoms with van der Waals surface area (Å²) in [7, 11) is 0. The molecule has 0 saturated heterocycles. The van der Waals surface area contributed by atoms with E-state index in [0.717, 1.165) is 33.3 Å². The van der Waals surface area contributed by atoms with Gasteiger partial charge in [-0.15, -0.1) is 0 Å². The van der Waals surface area contributed by atoms with E-state index in [1.165, 1.54) is 5.56 Å². The second-order valence-corrected chi connectivity index (χ2v) is 6.86. The fourth-order valence-electron chi connectivity index (χ4n) is 3.41. The van der Waals surface area contributed by atoms with E-state index in [9.17, 15) is 5.11 Å². The molecule has 2 heterocycles. The molecule has 0 aliphatic heterocycles. The third-order valence-electron chi connectivity index (χ3n) is 4.87. The molecular formula is C23H22N2O. The highest BCUT2D eigenvalue weighted by Crippen LogP contribution is 2.27. The number of fused-ring (bicyclic) bond motifs is 1. The van der Waals surface area contributed by atoms with E-state index in [1.54, 1.807) is 0 Å². The lowest BCUT2D eigenvalue weighted by Crippen LogP contribution is -2.10. The van der Waals surface area contributed by atoms with Crippen molar-refractivity contribution in [2.75, 3.05) is 0 Å². The average molecular weight is 342 g/mol. The van der Waals surface area contributed by atoms with Crippen LogP contribution in [0.15, 0.2) is 73.1 Å². The number of nitrogens with zero attached hydrogens (tertiary/aromatic N) is 2. The zero-order chi connectivity index (χ0) is 18.1. The van der Waals surface area contributed by atoms with Crippen LogP contribution < -0.4 is 0 Å². The molecule has 3 heteroatoms. The Morgan fingerprint density at radius 1 is 1.00 bits per heavy atom. The highest BCUT2D eigenvalue weighted by atomic mass is 16.3. The Kier molecular flexibility index (Phi) is 4.31. The number of aryl methyl sites for hydroxylation is 2. The lowest BCUT2D eigenvalue weighted by atomic mass is 10.0. The molecule has 0 bridgehead atoms. The minimum atomic E-state index is -0.640. The number of rotatable bonds is 4. The molecule has 0 fully saturated rings. The summed E-state index contributed by atoms with van der Waals surface area (Å²) in [6.45, 7) is 4.78. The maximum atomic E-state index is 10.9. The molecule has 130 valence electrons. The molecule has 0 amide bonds. The summed E-state index contributed by atoms with van der Waals surface area (Å²) in [6.07, 6.45) is 3.32. The quantitative estimate of drug-likeness (QED) is 0.579. The molecule has 2 aromatic heterocycles. The van der Waals surface area contributed by atoms with Gasteiger partial charge in [0, 0.05) is 24.3 Å². The molecule has 4 aromatic rings. The van der Waals surface area contributed by atoms with Crippen LogP contribution in [0.3, 0.4) is 0 Å². The van der Waals surface area contributed by atoms with Crippen molar-refractivity contribution in [2.45, 2.75) is 26.5 Å². The van der Waals surface area contributed by atoms with Crippen LogP contribution in [0.1, 0.15) is 34.1 Å². The maximum Gasteiger partial charge on any atom is 0.119 e. The summed E-state index contributed by atoms with van der Waals surface area (Å²) >= 11 is 0. The van der Waals surface area contributed by atoms with E-state index in [2.05, 4.69) is 34.7 Å². The highest BCUT2D eigenvalue weighted by molar-refractivity contribution is 5.78. The number of hydrogen-bond donors (Lipinski definition) is 1. The van der Waals surface area contributed by atoms with Gasteiger partial charge >= 0.3 is 0 Å². The van der Waals surface area contributed by atoms with Crippen molar-refractivity contribution in [1.82, 2.24) is 9.55 Å². The lowest BCUT2D eigenvalue weighted by Gasteiger charge is -2.17. The first kappa shape index (κ1) is 16.6. The molecule has 0 spiro atoms. The first-order chi connectivity index (χ1) is 12.6. The first-order valence-electron chi connectivity index (χ1n) is 8.86. The third-order valence-corrected chi connectivity index (χ3v) is 4.87. The molecule has 26 heavy (non-hydrogen) atoms. The number of aliphatic hydroxyl groups excluding tert-OH is 1. The van der Waals surface area contributed by atoms with Crippen LogP contribution >= 0.6 is 0 Å². The van der Waals surface area contributed by atoms with Crippen molar-refractivity contribution < 1.29 is 5.11 Å². The van der Waals surface area contributed by atoms with E-state index < -0.39 is 6.10 Å². The third kappa shape index (κ3) is 3.14. The van der Waals surface area contributed by atoms with Gasteiger partial charge in [-0.1, -0.05) is 48.0 Å². The summed E-state index contributed by atoms with van der Waals surface area (Å²) in [6, 6.07) is 20.4. The van der Waals surface area contributed by atoms with Crippen LogP contribution in [0.4, 0.5) is 0 Å². The standard InChI is InChI=1S/C23H22N2O/c1-16-7-9-19(10-8-16)23(26)22-17(2)11-12-25(22)15-18-13-20-5-3-4-6-21(20)24-14-18/h3-14,23,26H,15H2,1-2H3. The smallest absolute Gasteiger partial charge is 0.119 e. The molecule has 1 unspecified atom stereocenters. The van der Waals surface area contributed by atoms with Crippen LogP contribution in [0.5, 0.6) is 0 Å². The van der Waals surface area contributed by atoms with Gasteiger partial charge in [0.25, 0.3) is 0 Å². The van der Waals surface area contributed by atoms with Crippen molar-refractivity contribution >= 4 is 10.9 Å². The van der Waals surface area contributed by atoms with Gasteiger partial charge in [-0.25, -0.2) is 0 Å². The number of hydrogen-bond acceptors (Lipinski definition) is 2. The molecule has 2 aromatic carbocycles. The second-order valence-electron chi connectivity index (χ2n) is 6.86. The Morgan fingerprint density at radius 3 is 2.58 bits per heavy atom. The minimum absolute atomic E-state index is 0.640. The fraction of sp³-hybridized carbons (Fsp3) is 0.174. The summed E-state index contributed by atoms with van der Waals surface area (Å²) in [5.74, 6) is 0. The Balaban J connectivity index is 1.68. The summed E-state index contributed by atoms with van der Waals surface area (Å²) < 4.78 is 2.12. The van der Waals surface area contributed by atoms with E-state index in [0.29, 0.717) is 6.54 Å². The molecule has 1 atom stereocenters. The predicted molar refractivity (Wildman–Crippen MR) is 105 cm³/mol. The zero-order valence-corrected chi connectivity index (χ0v) is 15.1. The second kappa shape index (κ2) is 6.77. The summed E-state index contributed by atoms with van der Waals surface area (Å²) in [4.78, 5) is 4.55. The monoisotopic (exact) mass is 342 g/mol. The van der Waals surface area contributed by atoms with Crippen molar-refractivity contribution in [1.29, 1.82) is 0 Å². The van der Waals surface area contributed by atoms with E-state index in [-0.39, 0.29) is 0 Å². The Morgan fingerprint density at radius 2 is 1.77 bits per heavy atom. The molecular weight excluding hydrogens is 320 g/mol. The Hall–Kier alpha value is -2.91. The van der Waals surface area contributed by atoms with Gasteiger partial charge in [-0.3, -0.25) is 4.98 Å². The normalized spacial score (nSPS) is 12.4. The number of para-hydroxylation sites is 1. The lowest BCUT2D eigenvalue weighted by molar-refractivity contribution is 0.210. The molecule has 0 aliphatic carbocycles. The predicted octanol–water partition coefficient (Wildman–Crippen LogP) is 4.78. The average Bonchev–Trinajstić information content (AvgIpc) is 3.02. The van der Waals surface area contributed by atoms with Crippen molar-refractivity contribution in [3.05, 3.63) is 101 Å². The molecule has 3 nitrogen and oxygen atoms in total. The van der Waals surface area contributed by atoms with Crippen molar-refractivity contribution in [2.24, 2.45) is 0 Å². The van der Waals surface area contributed by atoms with Gasteiger partial charge in [0.15, 0.2) is 0 Å². The van der Waals surface area contributed by atoms with Crippen LogP contribution in [0.2, 0.25) is 0 Å². The van der Waals surface area contributed by atoms with Gasteiger partial charge in [-0.05, 0) is 48.7 Å². The fourth-order valence-corrected chi connectivity index (χ4v) is 3.41. The van der Waals surface area contributed by atoms with Crippen LogP contribution in [-0.4, -0.2) is 14.7 Å². The van der Waals surface area contributed by atoms with Crippen LogP contribution in [0.25, 0.3) is 10.9 Å². The van der Waals surface area contributed by atoms with Crippen LogP contribution in [-0.2, 0) is 6.54 Å². The maximum absolute atomic E-state index is 10.9. The van der Waals surface area contributed by atoms with E-state index in [1.807, 2.05) is 61.8 Å². The SMILES string of the molecule is Cc1ccc(C(O)c2c(C)ccn2Cc2cnc3ccccc3c2)cc1. The molecule has 4 rings (SSSR count). The van der Waals surface area contributed by atoms with Crippen LogP contribution in [0, 0.1) is 13.8 Å². The molecule has 0 saturated carbocycles. The largest absolute Gasteiger partial charge is 0.382 e. The van der Waals surface area contributed by atoms with Crippen molar-refractivity contribution in [3.8, 4) is 0 Å². The molecule has 0 aliphatic rings. The number of aliphatic hydroxyl groups is 1. The van der Waals surface area contributed by atoms with Gasteiger partial charge in [0.2, 0.25) is 0 Å².